The number of benzene rings is 3. The molecule has 159 valence electrons. The third-order valence-corrected chi connectivity index (χ3v) is 5.91. The van der Waals surface area contributed by atoms with Crippen molar-refractivity contribution in [1.29, 1.82) is 5.26 Å². The van der Waals surface area contributed by atoms with Gasteiger partial charge in [-0.05, 0) is 54.8 Å². The highest BCUT2D eigenvalue weighted by Crippen LogP contribution is 2.39. The standard InChI is InChI=1S/C27H22FN2O2/c28-22-7-9-23(10-8-22)30-25-11-6-21(17-29)27(32-18-19-4-2-1-3-5-19)24(25)16-26(30)20-12-14-31-15-13-20/h1-11,20H,12-15,18H2. The lowest BCUT2D eigenvalue weighted by atomic mass is 9.96. The number of halogens is 1. The van der Waals surface area contributed by atoms with Gasteiger partial charge in [0.1, 0.15) is 24.2 Å². The van der Waals surface area contributed by atoms with Crippen LogP contribution >= 0.6 is 0 Å². The highest BCUT2D eigenvalue weighted by atomic mass is 19.1. The Morgan fingerprint density at radius 3 is 2.50 bits per heavy atom. The Hall–Kier alpha value is -3.62. The second kappa shape index (κ2) is 8.86. The van der Waals surface area contributed by atoms with Crippen molar-refractivity contribution < 1.29 is 13.9 Å². The maximum absolute atomic E-state index is 13.6. The molecule has 4 aromatic rings. The van der Waals surface area contributed by atoms with Crippen LogP contribution in [0.1, 0.15) is 35.6 Å². The van der Waals surface area contributed by atoms with Crippen molar-refractivity contribution in [3.8, 4) is 17.5 Å². The Bertz CT molecular complexity index is 1270. The second-order valence-electron chi connectivity index (χ2n) is 7.93. The first-order valence-electron chi connectivity index (χ1n) is 10.8. The highest BCUT2D eigenvalue weighted by molar-refractivity contribution is 5.90. The maximum Gasteiger partial charge on any atom is 0.147 e. The van der Waals surface area contributed by atoms with Gasteiger partial charge < -0.3 is 14.0 Å². The molecular formula is C27H22FN2O2. The normalized spacial score (nSPS) is 14.4. The molecule has 5 heteroatoms. The first-order chi connectivity index (χ1) is 15.7. The largest absolute Gasteiger partial charge is 0.487 e. The molecule has 2 heterocycles. The molecule has 0 spiro atoms. The van der Waals surface area contributed by atoms with E-state index in [1.165, 1.54) is 12.1 Å². The summed E-state index contributed by atoms with van der Waals surface area (Å²) < 4.78 is 27.5. The predicted molar refractivity (Wildman–Crippen MR) is 120 cm³/mol. The molecule has 1 aliphatic rings. The van der Waals surface area contributed by atoms with Crippen LogP contribution in [0.25, 0.3) is 16.6 Å². The lowest BCUT2D eigenvalue weighted by Crippen LogP contribution is -2.16. The zero-order valence-corrected chi connectivity index (χ0v) is 17.6. The summed E-state index contributed by atoms with van der Waals surface area (Å²) in [4.78, 5) is 0. The minimum atomic E-state index is -0.277. The molecule has 32 heavy (non-hydrogen) atoms. The van der Waals surface area contributed by atoms with Crippen LogP contribution in [-0.2, 0) is 11.3 Å². The summed E-state index contributed by atoms with van der Waals surface area (Å²) in [7, 11) is 0. The van der Waals surface area contributed by atoms with Crippen molar-refractivity contribution in [1.82, 2.24) is 4.57 Å². The third kappa shape index (κ3) is 3.86. The number of hydrogen-bond donors (Lipinski definition) is 0. The summed E-state index contributed by atoms with van der Waals surface area (Å²) in [6, 6.07) is 25.9. The average Bonchev–Trinajstić information content (AvgIpc) is 3.24. The minimum absolute atomic E-state index is 0.258. The molecule has 0 unspecified atom stereocenters. The first kappa shape index (κ1) is 20.3. The van der Waals surface area contributed by atoms with E-state index in [0.717, 1.165) is 40.7 Å². The Kier molecular flexibility index (Phi) is 5.62. The molecule has 1 aromatic heterocycles. The molecule has 5 rings (SSSR count). The van der Waals surface area contributed by atoms with Crippen molar-refractivity contribution in [2.45, 2.75) is 25.4 Å². The number of nitrogens with zero attached hydrogens (tertiary/aromatic N) is 2. The van der Waals surface area contributed by atoms with E-state index in [9.17, 15) is 9.65 Å². The van der Waals surface area contributed by atoms with Gasteiger partial charge in [-0.2, -0.15) is 5.26 Å². The number of fused-ring (bicyclic) bond motifs is 1. The Morgan fingerprint density at radius 1 is 1.03 bits per heavy atom. The third-order valence-electron chi connectivity index (χ3n) is 5.91. The van der Waals surface area contributed by atoms with Gasteiger partial charge in [0, 0.05) is 36.6 Å². The van der Waals surface area contributed by atoms with Crippen LogP contribution in [0.2, 0.25) is 0 Å². The summed E-state index contributed by atoms with van der Waals surface area (Å²) in [5, 5.41) is 10.5. The fourth-order valence-corrected chi connectivity index (χ4v) is 4.28. The summed E-state index contributed by atoms with van der Waals surface area (Å²) in [6.07, 6.45) is 1.78. The van der Waals surface area contributed by atoms with Gasteiger partial charge in [-0.3, -0.25) is 0 Å². The van der Waals surface area contributed by atoms with E-state index in [1.54, 1.807) is 18.2 Å². The number of nitriles is 1. The number of rotatable bonds is 5. The highest BCUT2D eigenvalue weighted by Gasteiger charge is 2.25. The molecule has 1 saturated heterocycles. The van der Waals surface area contributed by atoms with Crippen LogP contribution in [0.15, 0.2) is 66.7 Å². The number of hydrogen-bond acceptors (Lipinski definition) is 3. The lowest BCUT2D eigenvalue weighted by molar-refractivity contribution is 0.0842. The van der Waals surface area contributed by atoms with Crippen LogP contribution in [0.5, 0.6) is 5.75 Å². The molecule has 3 aromatic carbocycles. The van der Waals surface area contributed by atoms with E-state index in [4.69, 9.17) is 9.47 Å². The van der Waals surface area contributed by atoms with E-state index in [2.05, 4.69) is 16.7 Å². The Labute approximate surface area is 186 Å². The van der Waals surface area contributed by atoms with E-state index < -0.39 is 0 Å². The monoisotopic (exact) mass is 425 g/mol. The van der Waals surface area contributed by atoms with Gasteiger partial charge in [-0.25, -0.2) is 4.39 Å². The van der Waals surface area contributed by atoms with Gasteiger partial charge in [0.15, 0.2) is 0 Å². The van der Waals surface area contributed by atoms with E-state index >= 15 is 0 Å². The van der Waals surface area contributed by atoms with Crippen LogP contribution < -0.4 is 4.74 Å². The molecule has 0 aliphatic carbocycles. The van der Waals surface area contributed by atoms with Crippen LogP contribution in [0.4, 0.5) is 4.39 Å². The van der Waals surface area contributed by atoms with Crippen molar-refractivity contribution in [3.05, 3.63) is 95.4 Å². The molecule has 1 radical (unpaired) electrons. The molecule has 0 N–H and O–H groups in total. The fraction of sp³-hybridized carbons (Fsp3) is 0.222. The molecule has 0 amide bonds. The Balaban J connectivity index is 1.66. The van der Waals surface area contributed by atoms with Gasteiger partial charge in [0.05, 0.1) is 16.5 Å². The summed E-state index contributed by atoms with van der Waals surface area (Å²) in [6.45, 7) is 1.76. The molecule has 0 saturated carbocycles. The summed E-state index contributed by atoms with van der Waals surface area (Å²) in [5.41, 5.74) is 4.25. The fourth-order valence-electron chi connectivity index (χ4n) is 4.28. The molecule has 4 nitrogen and oxygen atoms in total. The number of ether oxygens (including phenoxy) is 2. The zero-order valence-electron chi connectivity index (χ0n) is 17.6. The van der Waals surface area contributed by atoms with E-state index in [0.29, 0.717) is 31.1 Å². The molecule has 1 aliphatic heterocycles. The minimum Gasteiger partial charge on any atom is -0.487 e. The van der Waals surface area contributed by atoms with Crippen LogP contribution in [-0.4, -0.2) is 17.8 Å². The van der Waals surface area contributed by atoms with Crippen molar-refractivity contribution in [3.63, 3.8) is 0 Å². The zero-order chi connectivity index (χ0) is 21.9. The molecule has 0 atom stereocenters. The average molecular weight is 425 g/mol. The van der Waals surface area contributed by atoms with Gasteiger partial charge in [0.25, 0.3) is 0 Å². The molecular weight excluding hydrogens is 403 g/mol. The Morgan fingerprint density at radius 2 is 1.78 bits per heavy atom. The van der Waals surface area contributed by atoms with Crippen LogP contribution in [0, 0.1) is 23.2 Å². The SMILES string of the molecule is N#Cc1ccc2c([c]c(C3CCOCC3)n2-c2ccc(F)cc2)c1OCc1ccccc1. The van der Waals surface area contributed by atoms with Crippen molar-refractivity contribution in [2.24, 2.45) is 0 Å². The summed E-state index contributed by atoms with van der Waals surface area (Å²) in [5.74, 6) is 0.511. The van der Waals surface area contributed by atoms with Gasteiger partial charge >= 0.3 is 0 Å². The van der Waals surface area contributed by atoms with E-state index in [-0.39, 0.29) is 11.7 Å². The van der Waals surface area contributed by atoms with Crippen molar-refractivity contribution >= 4 is 10.9 Å². The maximum atomic E-state index is 13.6. The first-order valence-corrected chi connectivity index (χ1v) is 10.8. The number of aromatic nitrogens is 1. The molecule has 1 fully saturated rings. The van der Waals surface area contributed by atoms with Gasteiger partial charge in [0.2, 0.25) is 0 Å². The summed E-state index contributed by atoms with van der Waals surface area (Å²) >= 11 is 0. The smallest absolute Gasteiger partial charge is 0.147 e. The predicted octanol–water partition coefficient (Wildman–Crippen LogP) is 5.91. The lowest BCUT2D eigenvalue weighted by Gasteiger charge is -2.24. The van der Waals surface area contributed by atoms with E-state index in [1.807, 2.05) is 36.4 Å². The topological polar surface area (TPSA) is 47.2 Å². The quantitative estimate of drug-likeness (QED) is 0.399. The second-order valence-corrected chi connectivity index (χ2v) is 7.93. The van der Waals surface area contributed by atoms with Crippen LogP contribution in [0.3, 0.4) is 0 Å². The van der Waals surface area contributed by atoms with Gasteiger partial charge in [-0.1, -0.05) is 30.3 Å². The molecule has 0 bridgehead atoms. The van der Waals surface area contributed by atoms with Gasteiger partial charge in [-0.15, -0.1) is 0 Å². The van der Waals surface area contributed by atoms with Crippen molar-refractivity contribution in [2.75, 3.05) is 13.2 Å².